The fourth-order valence-corrected chi connectivity index (χ4v) is 3.51. The van der Waals surface area contributed by atoms with Gasteiger partial charge in [-0.15, -0.1) is 0 Å². The highest BCUT2D eigenvalue weighted by molar-refractivity contribution is 6.09. The fraction of sp³-hybridized carbons (Fsp3) is 0.381. The van der Waals surface area contributed by atoms with Crippen molar-refractivity contribution < 1.29 is 30.0 Å². The number of carbonyl (C=O) groups excluding carboxylic acids is 1. The second-order valence-electron chi connectivity index (χ2n) is 7.08. The molecule has 0 unspecified atom stereocenters. The Kier molecular flexibility index (Phi) is 5.74. The average molecular weight is 372 g/mol. The Morgan fingerprint density at radius 1 is 0.926 bits per heavy atom. The molecule has 4 N–H and O–H groups in total. The summed E-state index contributed by atoms with van der Waals surface area (Å²) in [5.74, 6) is -0.159. The monoisotopic (exact) mass is 372 g/mol. The minimum absolute atomic E-state index is 0.159. The highest BCUT2D eigenvalue weighted by Gasteiger charge is 2.44. The molecule has 2 aromatic rings. The molecule has 0 aromatic heterocycles. The van der Waals surface area contributed by atoms with Crippen molar-refractivity contribution in [2.75, 3.05) is 6.61 Å². The molecule has 0 aliphatic carbocycles. The van der Waals surface area contributed by atoms with Crippen LogP contribution < -0.4 is 0 Å². The summed E-state index contributed by atoms with van der Waals surface area (Å²) >= 11 is 0. The molecule has 27 heavy (non-hydrogen) atoms. The molecule has 0 amide bonds. The predicted octanol–water partition coefficient (Wildman–Crippen LogP) is 1.05. The largest absolute Gasteiger partial charge is 0.394 e. The third kappa shape index (κ3) is 3.95. The van der Waals surface area contributed by atoms with Gasteiger partial charge in [0.25, 0.3) is 0 Å². The minimum Gasteiger partial charge on any atom is -0.394 e. The van der Waals surface area contributed by atoms with Crippen LogP contribution in [0.2, 0.25) is 0 Å². The Morgan fingerprint density at radius 3 is 2.22 bits per heavy atom. The van der Waals surface area contributed by atoms with Crippen molar-refractivity contribution in [1.29, 1.82) is 0 Å². The molecular weight excluding hydrogens is 348 g/mol. The third-order valence-electron chi connectivity index (χ3n) is 4.85. The molecule has 1 fully saturated rings. The van der Waals surface area contributed by atoms with Gasteiger partial charge in [-0.1, -0.05) is 35.4 Å². The standard InChI is InChI=1S/C21H24O6/c1-11-6-12(2)8-15(7-11)17(23)13-4-3-5-14(9-13)21-20(26)19(25)18(24)16(10-22)27-21/h3-9,16,18-22,24-26H,10H2,1-2H3/t16-,18-,19+,20+,21-/m1/s1. The van der Waals surface area contributed by atoms with E-state index in [0.717, 1.165) is 11.1 Å². The Labute approximate surface area is 157 Å². The van der Waals surface area contributed by atoms with Crippen LogP contribution >= 0.6 is 0 Å². The molecule has 0 bridgehead atoms. The number of aliphatic hydroxyl groups excluding tert-OH is 4. The maximum absolute atomic E-state index is 12.9. The van der Waals surface area contributed by atoms with Gasteiger partial charge >= 0.3 is 0 Å². The van der Waals surface area contributed by atoms with E-state index in [1.807, 2.05) is 32.0 Å². The van der Waals surface area contributed by atoms with E-state index in [1.165, 1.54) is 0 Å². The van der Waals surface area contributed by atoms with Gasteiger partial charge in [0.05, 0.1) is 6.61 Å². The summed E-state index contributed by atoms with van der Waals surface area (Å²) in [5.41, 5.74) is 3.46. The van der Waals surface area contributed by atoms with Crippen molar-refractivity contribution >= 4 is 5.78 Å². The first-order chi connectivity index (χ1) is 12.8. The normalized spacial score (nSPS) is 28.1. The molecule has 1 heterocycles. The van der Waals surface area contributed by atoms with Crippen LogP contribution in [0.25, 0.3) is 0 Å². The molecule has 6 nitrogen and oxygen atoms in total. The molecule has 3 rings (SSSR count). The van der Waals surface area contributed by atoms with Crippen molar-refractivity contribution in [2.45, 2.75) is 44.4 Å². The highest BCUT2D eigenvalue weighted by Crippen LogP contribution is 2.33. The summed E-state index contributed by atoms with van der Waals surface area (Å²) in [6.45, 7) is 3.35. The van der Waals surface area contributed by atoms with Gasteiger partial charge in [-0.2, -0.15) is 0 Å². The zero-order valence-corrected chi connectivity index (χ0v) is 15.2. The van der Waals surface area contributed by atoms with Crippen molar-refractivity contribution in [3.8, 4) is 0 Å². The molecule has 6 heteroatoms. The molecule has 5 atom stereocenters. The van der Waals surface area contributed by atoms with Crippen molar-refractivity contribution in [3.05, 3.63) is 70.3 Å². The zero-order valence-electron chi connectivity index (χ0n) is 15.2. The van der Waals surface area contributed by atoms with Gasteiger partial charge in [0.2, 0.25) is 0 Å². The van der Waals surface area contributed by atoms with E-state index >= 15 is 0 Å². The lowest BCUT2D eigenvalue weighted by molar-refractivity contribution is -0.231. The van der Waals surface area contributed by atoms with Crippen molar-refractivity contribution in [1.82, 2.24) is 0 Å². The van der Waals surface area contributed by atoms with Gasteiger partial charge in [-0.05, 0) is 37.6 Å². The fourth-order valence-electron chi connectivity index (χ4n) is 3.51. The van der Waals surface area contributed by atoms with Crippen LogP contribution in [0.1, 0.15) is 38.7 Å². The molecule has 1 aliphatic rings. The minimum atomic E-state index is -1.46. The number of aliphatic hydroxyl groups is 4. The van der Waals surface area contributed by atoms with E-state index in [4.69, 9.17) is 4.74 Å². The second-order valence-corrected chi connectivity index (χ2v) is 7.08. The van der Waals surface area contributed by atoms with Gasteiger partial charge < -0.3 is 25.2 Å². The SMILES string of the molecule is Cc1cc(C)cc(C(=O)c2cccc([C@H]3O[C@H](CO)[C@@H](O)[C@H](O)[C@@H]3O)c2)c1. The molecule has 1 saturated heterocycles. The van der Waals surface area contributed by atoms with Gasteiger partial charge in [0.1, 0.15) is 30.5 Å². The van der Waals surface area contributed by atoms with Crippen LogP contribution in [0.15, 0.2) is 42.5 Å². The van der Waals surface area contributed by atoms with Gasteiger partial charge in [-0.25, -0.2) is 0 Å². The third-order valence-corrected chi connectivity index (χ3v) is 4.85. The molecule has 2 aromatic carbocycles. The number of hydrogen-bond acceptors (Lipinski definition) is 6. The highest BCUT2D eigenvalue weighted by atomic mass is 16.5. The number of benzene rings is 2. The summed E-state index contributed by atoms with van der Waals surface area (Å²) in [4.78, 5) is 12.9. The lowest BCUT2D eigenvalue weighted by Crippen LogP contribution is -2.55. The maximum Gasteiger partial charge on any atom is 0.193 e. The Morgan fingerprint density at radius 2 is 1.59 bits per heavy atom. The molecule has 1 aliphatic heterocycles. The van der Waals surface area contributed by atoms with Crippen LogP contribution in [0.4, 0.5) is 0 Å². The number of hydrogen-bond donors (Lipinski definition) is 4. The molecule has 0 saturated carbocycles. The maximum atomic E-state index is 12.9. The number of ketones is 1. The molecule has 144 valence electrons. The second kappa shape index (κ2) is 7.88. The van der Waals surface area contributed by atoms with Crippen LogP contribution in [0.5, 0.6) is 0 Å². The van der Waals surface area contributed by atoms with Crippen LogP contribution in [-0.2, 0) is 4.74 Å². The van der Waals surface area contributed by atoms with Gasteiger partial charge in [0.15, 0.2) is 5.78 Å². The Bertz CT molecular complexity index is 811. The average Bonchev–Trinajstić information content (AvgIpc) is 2.65. The van der Waals surface area contributed by atoms with E-state index in [2.05, 4.69) is 0 Å². The smallest absolute Gasteiger partial charge is 0.193 e. The quantitative estimate of drug-likeness (QED) is 0.598. The number of carbonyl (C=O) groups is 1. The number of ether oxygens (including phenoxy) is 1. The van der Waals surface area contributed by atoms with Gasteiger partial charge in [0, 0.05) is 11.1 Å². The predicted molar refractivity (Wildman–Crippen MR) is 98.5 cm³/mol. The molecular formula is C21H24O6. The first kappa shape index (κ1) is 19.7. The lowest BCUT2D eigenvalue weighted by Gasteiger charge is -2.40. The van der Waals surface area contributed by atoms with Crippen LogP contribution in [0, 0.1) is 13.8 Å². The summed E-state index contributed by atoms with van der Waals surface area (Å²) in [7, 11) is 0. The van der Waals surface area contributed by atoms with Crippen molar-refractivity contribution in [2.24, 2.45) is 0 Å². The lowest BCUT2D eigenvalue weighted by atomic mass is 9.90. The van der Waals surface area contributed by atoms with E-state index in [-0.39, 0.29) is 5.78 Å². The van der Waals surface area contributed by atoms with Crippen molar-refractivity contribution in [3.63, 3.8) is 0 Å². The summed E-state index contributed by atoms with van der Waals surface area (Å²) in [5, 5.41) is 39.5. The molecule has 0 radical (unpaired) electrons. The Hall–Kier alpha value is -2.09. The summed E-state index contributed by atoms with van der Waals surface area (Å²) in [6, 6.07) is 12.2. The van der Waals surface area contributed by atoms with E-state index in [9.17, 15) is 25.2 Å². The van der Waals surface area contributed by atoms with Crippen LogP contribution in [0.3, 0.4) is 0 Å². The van der Waals surface area contributed by atoms with E-state index in [0.29, 0.717) is 16.7 Å². The van der Waals surface area contributed by atoms with E-state index in [1.54, 1.807) is 24.3 Å². The number of aryl methyl sites for hydroxylation is 2. The zero-order chi connectivity index (χ0) is 19.7. The van der Waals surface area contributed by atoms with Crippen LogP contribution in [-0.4, -0.2) is 57.2 Å². The summed E-state index contributed by atoms with van der Waals surface area (Å²) < 4.78 is 5.57. The number of rotatable bonds is 4. The Balaban J connectivity index is 1.92. The first-order valence-electron chi connectivity index (χ1n) is 8.85. The van der Waals surface area contributed by atoms with Gasteiger partial charge in [-0.3, -0.25) is 4.79 Å². The van der Waals surface area contributed by atoms with E-state index < -0.39 is 37.1 Å². The summed E-state index contributed by atoms with van der Waals surface area (Å²) in [6.07, 6.45) is -6.21. The molecule has 0 spiro atoms. The topological polar surface area (TPSA) is 107 Å². The first-order valence-corrected chi connectivity index (χ1v) is 8.85.